The second-order valence-electron chi connectivity index (χ2n) is 6.28. The molecule has 1 saturated heterocycles. The van der Waals surface area contributed by atoms with E-state index in [0.717, 1.165) is 0 Å². The summed E-state index contributed by atoms with van der Waals surface area (Å²) in [6.07, 6.45) is 0. The third-order valence-corrected chi connectivity index (χ3v) is 4.67. The van der Waals surface area contributed by atoms with Gasteiger partial charge >= 0.3 is 6.03 Å². The molecule has 1 atom stereocenters. The number of benzene rings is 2. The number of carbonyl (C=O) groups excluding carboxylic acids is 1. The Morgan fingerprint density at radius 3 is 2.15 bits per heavy atom. The van der Waals surface area contributed by atoms with Crippen LogP contribution in [0.25, 0.3) is 0 Å². The summed E-state index contributed by atoms with van der Waals surface area (Å²) in [4.78, 5) is 16.0. The number of hydrogen-bond acceptors (Lipinski definition) is 2. The second-order valence-corrected chi connectivity index (χ2v) is 6.28. The van der Waals surface area contributed by atoms with E-state index in [4.69, 9.17) is 0 Å². The zero-order valence-electron chi connectivity index (χ0n) is 14.4. The number of nitrogens with zero attached hydrogens (tertiary/aromatic N) is 2. The molecule has 2 aromatic carbocycles. The highest BCUT2D eigenvalue weighted by Gasteiger charge is 2.26. The van der Waals surface area contributed by atoms with Crippen LogP contribution in [-0.4, -0.2) is 42.0 Å². The maximum Gasteiger partial charge on any atom is 0.322 e. The van der Waals surface area contributed by atoms with E-state index < -0.39 is 29.2 Å². The largest absolute Gasteiger partial charge is 0.322 e. The van der Waals surface area contributed by atoms with Crippen LogP contribution in [0.1, 0.15) is 18.5 Å². The monoisotopic (exact) mass is 363 g/mol. The minimum absolute atomic E-state index is 0.216. The Bertz CT molecular complexity index is 754. The van der Waals surface area contributed by atoms with Crippen LogP contribution in [-0.2, 0) is 0 Å². The van der Waals surface area contributed by atoms with Crippen LogP contribution in [0.5, 0.6) is 0 Å². The van der Waals surface area contributed by atoms with E-state index in [1.54, 1.807) is 0 Å². The molecule has 0 aromatic heterocycles. The molecule has 0 spiro atoms. The van der Waals surface area contributed by atoms with E-state index in [1.807, 2.05) is 18.2 Å². The molecule has 1 N–H and O–H groups in total. The van der Waals surface area contributed by atoms with Crippen LogP contribution >= 0.6 is 0 Å². The highest BCUT2D eigenvalue weighted by atomic mass is 19.1. The van der Waals surface area contributed by atoms with Crippen LogP contribution in [0.4, 0.5) is 23.7 Å². The van der Waals surface area contributed by atoms with E-state index in [2.05, 4.69) is 29.3 Å². The zero-order chi connectivity index (χ0) is 18.7. The lowest BCUT2D eigenvalue weighted by atomic mass is 10.1. The van der Waals surface area contributed by atoms with Gasteiger partial charge in [-0.2, -0.15) is 0 Å². The van der Waals surface area contributed by atoms with E-state index in [9.17, 15) is 18.0 Å². The first-order chi connectivity index (χ1) is 12.5. The van der Waals surface area contributed by atoms with E-state index in [-0.39, 0.29) is 6.04 Å². The molecule has 1 aliphatic rings. The highest BCUT2D eigenvalue weighted by Crippen LogP contribution is 2.23. The number of hydrogen-bond donors (Lipinski definition) is 1. The van der Waals surface area contributed by atoms with Crippen LogP contribution in [0.2, 0.25) is 0 Å². The van der Waals surface area contributed by atoms with Gasteiger partial charge in [0.15, 0.2) is 11.6 Å². The van der Waals surface area contributed by atoms with Crippen molar-refractivity contribution in [3.8, 4) is 0 Å². The van der Waals surface area contributed by atoms with Crippen molar-refractivity contribution in [1.29, 1.82) is 0 Å². The number of halogens is 3. The van der Waals surface area contributed by atoms with Gasteiger partial charge < -0.3 is 10.2 Å². The van der Waals surface area contributed by atoms with Gasteiger partial charge in [0.2, 0.25) is 0 Å². The van der Waals surface area contributed by atoms with Gasteiger partial charge in [-0.25, -0.2) is 18.0 Å². The molecule has 0 radical (unpaired) electrons. The number of nitrogens with one attached hydrogen (secondary N) is 1. The summed E-state index contributed by atoms with van der Waals surface area (Å²) in [5.74, 6) is -3.29. The Kier molecular flexibility index (Phi) is 5.46. The molecule has 0 unspecified atom stereocenters. The number of urea groups is 1. The zero-order valence-corrected chi connectivity index (χ0v) is 14.4. The lowest BCUT2D eigenvalue weighted by Gasteiger charge is -2.38. The number of rotatable bonds is 3. The molecule has 0 aliphatic carbocycles. The third kappa shape index (κ3) is 3.99. The molecular weight excluding hydrogens is 343 g/mol. The number of amides is 2. The minimum atomic E-state index is -1.13. The van der Waals surface area contributed by atoms with Gasteiger partial charge in [-0.15, -0.1) is 0 Å². The first kappa shape index (κ1) is 18.3. The van der Waals surface area contributed by atoms with Crippen molar-refractivity contribution in [2.45, 2.75) is 13.0 Å². The van der Waals surface area contributed by atoms with Gasteiger partial charge in [0.05, 0.1) is 0 Å². The Morgan fingerprint density at radius 2 is 1.58 bits per heavy atom. The van der Waals surface area contributed by atoms with Gasteiger partial charge in [-0.05, 0) is 12.5 Å². The first-order valence-electron chi connectivity index (χ1n) is 8.45. The summed E-state index contributed by atoms with van der Waals surface area (Å²) in [5, 5.41) is 2.20. The smallest absolute Gasteiger partial charge is 0.322 e. The predicted molar refractivity (Wildman–Crippen MR) is 93.3 cm³/mol. The van der Waals surface area contributed by atoms with Crippen molar-refractivity contribution in [2.24, 2.45) is 0 Å². The molecule has 138 valence electrons. The Morgan fingerprint density at radius 1 is 1.00 bits per heavy atom. The molecule has 2 amide bonds. The van der Waals surface area contributed by atoms with Crippen molar-refractivity contribution in [2.75, 3.05) is 31.5 Å². The summed E-state index contributed by atoms with van der Waals surface area (Å²) in [5.41, 5.74) is 0.567. The quantitative estimate of drug-likeness (QED) is 0.894. The highest BCUT2D eigenvalue weighted by molar-refractivity contribution is 5.89. The lowest BCUT2D eigenvalue weighted by Crippen LogP contribution is -2.50. The van der Waals surface area contributed by atoms with Crippen molar-refractivity contribution < 1.29 is 18.0 Å². The normalized spacial score (nSPS) is 16.4. The van der Waals surface area contributed by atoms with Crippen LogP contribution in [0, 0.1) is 17.5 Å². The molecule has 4 nitrogen and oxygen atoms in total. The fourth-order valence-corrected chi connectivity index (χ4v) is 3.10. The molecule has 1 heterocycles. The van der Waals surface area contributed by atoms with Crippen LogP contribution in [0.15, 0.2) is 42.5 Å². The molecule has 1 fully saturated rings. The maximum absolute atomic E-state index is 13.7. The second kappa shape index (κ2) is 7.78. The Balaban J connectivity index is 1.59. The molecule has 26 heavy (non-hydrogen) atoms. The minimum Gasteiger partial charge on any atom is -0.322 e. The molecule has 7 heteroatoms. The van der Waals surface area contributed by atoms with Crippen LogP contribution in [0.3, 0.4) is 0 Å². The molecule has 0 saturated carbocycles. The Hall–Kier alpha value is -2.54. The van der Waals surface area contributed by atoms with Gasteiger partial charge in [0.1, 0.15) is 11.5 Å². The van der Waals surface area contributed by atoms with Gasteiger partial charge in [0, 0.05) is 44.4 Å². The molecule has 3 rings (SSSR count). The Labute approximate surface area is 150 Å². The van der Waals surface area contributed by atoms with Crippen molar-refractivity contribution >= 4 is 11.7 Å². The molecule has 1 aliphatic heterocycles. The van der Waals surface area contributed by atoms with E-state index >= 15 is 0 Å². The average molecular weight is 363 g/mol. The topological polar surface area (TPSA) is 35.6 Å². The summed E-state index contributed by atoms with van der Waals surface area (Å²) in [6, 6.07) is 10.8. The summed E-state index contributed by atoms with van der Waals surface area (Å²) < 4.78 is 40.3. The average Bonchev–Trinajstić information content (AvgIpc) is 2.64. The first-order valence-corrected chi connectivity index (χ1v) is 8.45. The van der Waals surface area contributed by atoms with E-state index in [1.165, 1.54) is 10.5 Å². The molecule has 2 aromatic rings. The number of piperazine rings is 1. The maximum atomic E-state index is 13.7. The van der Waals surface area contributed by atoms with Crippen molar-refractivity contribution in [3.63, 3.8) is 0 Å². The third-order valence-electron chi connectivity index (χ3n) is 4.67. The van der Waals surface area contributed by atoms with Gasteiger partial charge in [-0.3, -0.25) is 4.90 Å². The molecule has 0 bridgehead atoms. The van der Waals surface area contributed by atoms with Crippen molar-refractivity contribution in [1.82, 2.24) is 9.80 Å². The predicted octanol–water partition coefficient (Wildman–Crippen LogP) is 4.01. The molecular formula is C19H20F3N3O. The fourth-order valence-electron chi connectivity index (χ4n) is 3.10. The van der Waals surface area contributed by atoms with Crippen LogP contribution < -0.4 is 5.32 Å². The fraction of sp³-hybridized carbons (Fsp3) is 0.316. The SMILES string of the molecule is C[C@H](c1ccccc1)N1CCN(C(=O)Nc2c(F)cc(F)cc2F)CC1. The summed E-state index contributed by atoms with van der Waals surface area (Å²) >= 11 is 0. The van der Waals surface area contributed by atoms with E-state index in [0.29, 0.717) is 38.3 Å². The summed E-state index contributed by atoms with van der Waals surface area (Å²) in [6.45, 7) is 4.28. The lowest BCUT2D eigenvalue weighted by molar-refractivity contribution is 0.119. The van der Waals surface area contributed by atoms with Gasteiger partial charge in [-0.1, -0.05) is 30.3 Å². The standard InChI is InChI=1S/C19H20F3N3O/c1-13(14-5-3-2-4-6-14)24-7-9-25(10-8-24)19(26)23-18-16(21)11-15(20)12-17(18)22/h2-6,11-13H,7-10H2,1H3,(H,23,26)/t13-/m1/s1. The number of carbonyl (C=O) groups is 1. The summed E-state index contributed by atoms with van der Waals surface area (Å²) in [7, 11) is 0. The van der Waals surface area contributed by atoms with Gasteiger partial charge in [0.25, 0.3) is 0 Å². The number of anilines is 1. The van der Waals surface area contributed by atoms with Crippen molar-refractivity contribution in [3.05, 3.63) is 65.5 Å².